The van der Waals surface area contributed by atoms with E-state index in [2.05, 4.69) is 19.2 Å². The summed E-state index contributed by atoms with van der Waals surface area (Å²) in [5, 5.41) is 3.68. The highest BCUT2D eigenvalue weighted by molar-refractivity contribution is 7.85. The molecule has 4 atom stereocenters. The van der Waals surface area contributed by atoms with Crippen molar-refractivity contribution < 1.29 is 8.95 Å². The Labute approximate surface area is 108 Å². The predicted octanol–water partition coefficient (Wildman–Crippen LogP) is 2.08. The molecule has 0 aliphatic carbocycles. The first-order valence-electron chi connectivity index (χ1n) is 6.87. The maximum Gasteiger partial charge on any atom is 0.0691 e. The van der Waals surface area contributed by atoms with Crippen molar-refractivity contribution in [2.24, 2.45) is 0 Å². The smallest absolute Gasteiger partial charge is 0.0691 e. The van der Waals surface area contributed by atoms with Crippen molar-refractivity contribution in [1.82, 2.24) is 5.32 Å². The largest absolute Gasteiger partial charge is 0.377 e. The topological polar surface area (TPSA) is 38.3 Å². The molecule has 0 aromatic rings. The molecule has 1 fully saturated rings. The zero-order valence-corrected chi connectivity index (χ0v) is 12.2. The van der Waals surface area contributed by atoms with Gasteiger partial charge in [-0.05, 0) is 39.7 Å². The highest BCUT2D eigenvalue weighted by atomic mass is 32.2. The molecule has 0 aromatic carbocycles. The fourth-order valence-electron chi connectivity index (χ4n) is 2.35. The van der Waals surface area contributed by atoms with Gasteiger partial charge in [0.1, 0.15) is 0 Å². The third kappa shape index (κ3) is 5.49. The van der Waals surface area contributed by atoms with Gasteiger partial charge < -0.3 is 10.1 Å². The van der Waals surface area contributed by atoms with Gasteiger partial charge in [0, 0.05) is 29.2 Å². The van der Waals surface area contributed by atoms with Crippen molar-refractivity contribution >= 4 is 10.8 Å². The van der Waals surface area contributed by atoms with Crippen LogP contribution < -0.4 is 5.32 Å². The molecule has 0 spiro atoms. The zero-order chi connectivity index (χ0) is 12.7. The van der Waals surface area contributed by atoms with E-state index in [1.54, 1.807) is 0 Å². The van der Waals surface area contributed by atoms with E-state index in [1.165, 1.54) is 12.8 Å². The lowest BCUT2D eigenvalue weighted by Crippen LogP contribution is -2.26. The van der Waals surface area contributed by atoms with Gasteiger partial charge in [-0.2, -0.15) is 0 Å². The van der Waals surface area contributed by atoms with Crippen LogP contribution in [0.4, 0.5) is 0 Å². The van der Waals surface area contributed by atoms with E-state index in [1.807, 2.05) is 6.92 Å². The molecule has 1 heterocycles. The lowest BCUT2D eigenvalue weighted by Gasteiger charge is -2.14. The summed E-state index contributed by atoms with van der Waals surface area (Å²) in [6.07, 6.45) is 4.59. The number of unbranched alkanes of at least 4 members (excludes halogenated alkanes) is 1. The second-order valence-corrected chi connectivity index (χ2v) is 6.72. The minimum absolute atomic E-state index is 0.191. The Morgan fingerprint density at radius 2 is 2.24 bits per heavy atom. The molecule has 17 heavy (non-hydrogen) atoms. The number of rotatable bonds is 8. The van der Waals surface area contributed by atoms with Crippen LogP contribution in [0.1, 0.15) is 46.5 Å². The molecular weight excluding hydrogens is 234 g/mol. The maximum absolute atomic E-state index is 12.0. The highest BCUT2D eigenvalue weighted by Crippen LogP contribution is 2.19. The van der Waals surface area contributed by atoms with Gasteiger partial charge in [-0.25, -0.2) is 0 Å². The Hall–Kier alpha value is 0.0700. The molecule has 1 aliphatic heterocycles. The molecule has 4 unspecified atom stereocenters. The van der Waals surface area contributed by atoms with Gasteiger partial charge in [0.25, 0.3) is 0 Å². The summed E-state index contributed by atoms with van der Waals surface area (Å²) in [7, 11) is -0.689. The van der Waals surface area contributed by atoms with E-state index >= 15 is 0 Å². The van der Waals surface area contributed by atoms with Crippen LogP contribution in [-0.2, 0) is 15.5 Å². The summed E-state index contributed by atoms with van der Waals surface area (Å²) < 4.78 is 17.5. The number of ether oxygens (including phenoxy) is 1. The number of nitrogens with one attached hydrogen (secondary N) is 1. The fraction of sp³-hybridized carbons (Fsp3) is 1.00. The van der Waals surface area contributed by atoms with Crippen molar-refractivity contribution in [3.8, 4) is 0 Å². The predicted molar refractivity (Wildman–Crippen MR) is 73.8 cm³/mol. The van der Waals surface area contributed by atoms with Gasteiger partial charge in [0.05, 0.1) is 11.4 Å². The first kappa shape index (κ1) is 15.1. The Morgan fingerprint density at radius 1 is 1.47 bits per heavy atom. The average molecular weight is 261 g/mol. The average Bonchev–Trinajstić information content (AvgIpc) is 2.71. The van der Waals surface area contributed by atoms with E-state index in [9.17, 15) is 4.21 Å². The molecule has 102 valence electrons. The molecule has 0 amide bonds. The normalized spacial score (nSPS) is 28.2. The summed E-state index contributed by atoms with van der Waals surface area (Å²) >= 11 is 0. The van der Waals surface area contributed by atoms with Gasteiger partial charge >= 0.3 is 0 Å². The first-order chi connectivity index (χ1) is 8.15. The van der Waals surface area contributed by atoms with Gasteiger partial charge in [-0.3, -0.25) is 4.21 Å². The summed E-state index contributed by atoms with van der Waals surface area (Å²) in [6.45, 7) is 8.21. The Kier molecular flexibility index (Phi) is 7.32. The third-order valence-corrected chi connectivity index (χ3v) is 5.41. The maximum atomic E-state index is 12.0. The van der Waals surface area contributed by atoms with E-state index in [4.69, 9.17) is 4.74 Å². The monoisotopic (exact) mass is 261 g/mol. The van der Waals surface area contributed by atoms with Crippen LogP contribution in [0.3, 0.4) is 0 Å². The molecule has 1 saturated heterocycles. The van der Waals surface area contributed by atoms with Crippen LogP contribution in [0.15, 0.2) is 0 Å². The molecule has 0 bridgehead atoms. The minimum Gasteiger partial charge on any atom is -0.377 e. The SMILES string of the molecule is CCNC(C)CCCCS(=O)C1CCOC1C. The van der Waals surface area contributed by atoms with Gasteiger partial charge in [0.2, 0.25) is 0 Å². The molecule has 3 nitrogen and oxygen atoms in total. The van der Waals surface area contributed by atoms with Gasteiger partial charge in [-0.15, -0.1) is 0 Å². The number of hydrogen-bond donors (Lipinski definition) is 1. The van der Waals surface area contributed by atoms with Crippen LogP contribution in [0.2, 0.25) is 0 Å². The summed E-state index contributed by atoms with van der Waals surface area (Å²) in [6, 6.07) is 0.585. The Morgan fingerprint density at radius 3 is 2.82 bits per heavy atom. The van der Waals surface area contributed by atoms with E-state index in [0.29, 0.717) is 6.04 Å². The first-order valence-corrected chi connectivity index (χ1v) is 8.25. The van der Waals surface area contributed by atoms with Crippen molar-refractivity contribution in [2.75, 3.05) is 18.9 Å². The molecule has 0 aromatic heterocycles. The third-order valence-electron chi connectivity index (χ3n) is 3.43. The standard InChI is InChI=1S/C13H27NO2S/c1-4-14-11(2)7-5-6-10-17(15)13-8-9-16-12(13)3/h11-14H,4-10H2,1-3H3. The molecule has 1 rings (SSSR count). The van der Waals surface area contributed by atoms with Crippen LogP contribution >= 0.6 is 0 Å². The fourth-order valence-corrected chi connectivity index (χ4v) is 4.01. The lowest BCUT2D eigenvalue weighted by molar-refractivity contribution is 0.127. The zero-order valence-electron chi connectivity index (χ0n) is 11.4. The van der Waals surface area contributed by atoms with E-state index < -0.39 is 10.8 Å². The summed E-state index contributed by atoms with van der Waals surface area (Å²) in [5.74, 6) is 0.844. The van der Waals surface area contributed by atoms with Crippen molar-refractivity contribution in [2.45, 2.75) is 63.9 Å². The van der Waals surface area contributed by atoms with Gasteiger partial charge in [0.15, 0.2) is 0 Å². The van der Waals surface area contributed by atoms with Crippen LogP contribution in [0, 0.1) is 0 Å². The quantitative estimate of drug-likeness (QED) is 0.680. The van der Waals surface area contributed by atoms with Crippen molar-refractivity contribution in [3.63, 3.8) is 0 Å². The van der Waals surface area contributed by atoms with Crippen molar-refractivity contribution in [3.05, 3.63) is 0 Å². The van der Waals surface area contributed by atoms with Crippen molar-refractivity contribution in [1.29, 1.82) is 0 Å². The lowest BCUT2D eigenvalue weighted by atomic mass is 10.1. The molecular formula is C13H27NO2S. The molecule has 4 heteroatoms. The van der Waals surface area contributed by atoms with Crippen LogP contribution in [0.25, 0.3) is 0 Å². The molecule has 1 aliphatic rings. The van der Waals surface area contributed by atoms with E-state index in [-0.39, 0.29) is 11.4 Å². The van der Waals surface area contributed by atoms with E-state index in [0.717, 1.165) is 31.7 Å². The molecule has 0 saturated carbocycles. The minimum atomic E-state index is -0.689. The highest BCUT2D eigenvalue weighted by Gasteiger charge is 2.28. The Bertz CT molecular complexity index is 235. The molecule has 1 N–H and O–H groups in total. The number of hydrogen-bond acceptors (Lipinski definition) is 3. The second-order valence-electron chi connectivity index (χ2n) is 4.94. The second kappa shape index (κ2) is 8.22. The van der Waals surface area contributed by atoms with Crippen LogP contribution in [0.5, 0.6) is 0 Å². The summed E-state index contributed by atoms with van der Waals surface area (Å²) in [4.78, 5) is 0. The Balaban J connectivity index is 2.08. The van der Waals surface area contributed by atoms with Gasteiger partial charge in [-0.1, -0.05) is 13.3 Å². The van der Waals surface area contributed by atoms with Crippen LogP contribution in [-0.4, -0.2) is 40.5 Å². The molecule has 0 radical (unpaired) electrons. The summed E-state index contributed by atoms with van der Waals surface area (Å²) in [5.41, 5.74) is 0.